The average Bonchev–Trinajstić information content (AvgIpc) is 2.87. The highest BCUT2D eigenvalue weighted by molar-refractivity contribution is 4.94. The molecule has 2 heterocycles. The molecule has 0 unspecified atom stereocenters. The first-order chi connectivity index (χ1) is 7.25. The Kier molecular flexibility index (Phi) is 1.95. The molecule has 15 heavy (non-hydrogen) atoms. The molecule has 1 saturated heterocycles. The predicted octanol–water partition coefficient (Wildman–Crippen LogP) is -0.0925. The van der Waals surface area contributed by atoms with Crippen molar-refractivity contribution >= 4 is 0 Å². The summed E-state index contributed by atoms with van der Waals surface area (Å²) < 4.78 is 3.48. The molecule has 3 rings (SSSR count). The molecule has 1 aliphatic heterocycles. The number of hydrogen-bond donors (Lipinski definition) is 1. The summed E-state index contributed by atoms with van der Waals surface area (Å²) in [7, 11) is 0. The summed E-state index contributed by atoms with van der Waals surface area (Å²) in [5.74, 6) is 1.55. The highest BCUT2D eigenvalue weighted by atomic mass is 16.2. The number of rotatable bonds is 3. The van der Waals surface area contributed by atoms with Gasteiger partial charge in [-0.15, -0.1) is 0 Å². The summed E-state index contributed by atoms with van der Waals surface area (Å²) in [6.07, 6.45) is 2.51. The molecule has 0 radical (unpaired) electrons. The molecule has 0 atom stereocenters. The quantitative estimate of drug-likeness (QED) is 0.755. The first-order valence-corrected chi connectivity index (χ1v) is 5.62. The van der Waals surface area contributed by atoms with Crippen LogP contribution in [0.4, 0.5) is 0 Å². The highest BCUT2D eigenvalue weighted by Crippen LogP contribution is 2.29. The van der Waals surface area contributed by atoms with Crippen LogP contribution in [0.2, 0.25) is 0 Å². The Balaban J connectivity index is 1.91. The lowest BCUT2D eigenvalue weighted by atomic mass is 10.2. The van der Waals surface area contributed by atoms with E-state index in [0.29, 0.717) is 12.0 Å². The third-order valence-corrected chi connectivity index (χ3v) is 3.29. The number of hydrogen-bond acceptors (Lipinski definition) is 3. The molecular formula is C10H16N4O. The van der Waals surface area contributed by atoms with Crippen molar-refractivity contribution in [2.45, 2.75) is 32.4 Å². The minimum absolute atomic E-state index is 0.0749. The molecule has 0 spiro atoms. The van der Waals surface area contributed by atoms with Gasteiger partial charge in [0, 0.05) is 19.6 Å². The zero-order valence-electron chi connectivity index (χ0n) is 8.94. The third kappa shape index (κ3) is 1.51. The topological polar surface area (TPSA) is 51.9 Å². The normalized spacial score (nSPS) is 21.7. The first kappa shape index (κ1) is 9.15. The largest absolute Gasteiger partial charge is 0.346 e. The fourth-order valence-electron chi connectivity index (χ4n) is 2.07. The van der Waals surface area contributed by atoms with Gasteiger partial charge < -0.3 is 5.32 Å². The smallest absolute Gasteiger partial charge is 0.313 e. The van der Waals surface area contributed by atoms with E-state index < -0.39 is 0 Å². The molecule has 1 saturated carbocycles. The van der Waals surface area contributed by atoms with E-state index >= 15 is 0 Å². The van der Waals surface area contributed by atoms with Gasteiger partial charge in [-0.3, -0.25) is 4.57 Å². The SMILES string of the molecule is Cc1nn(CC2CC2)c(=O)n1C1CNC1. The Bertz CT molecular complexity index is 425. The Morgan fingerprint density at radius 1 is 1.47 bits per heavy atom. The molecule has 0 aromatic carbocycles. The van der Waals surface area contributed by atoms with Gasteiger partial charge in [-0.05, 0) is 25.7 Å². The number of aromatic nitrogens is 3. The summed E-state index contributed by atoms with van der Waals surface area (Å²) in [5.41, 5.74) is 0.0749. The number of nitrogens with zero attached hydrogens (tertiary/aromatic N) is 3. The Morgan fingerprint density at radius 3 is 2.73 bits per heavy atom. The van der Waals surface area contributed by atoms with E-state index in [-0.39, 0.29) is 5.69 Å². The van der Waals surface area contributed by atoms with E-state index in [4.69, 9.17) is 0 Å². The maximum Gasteiger partial charge on any atom is 0.346 e. The van der Waals surface area contributed by atoms with Crippen LogP contribution in [0.25, 0.3) is 0 Å². The van der Waals surface area contributed by atoms with E-state index in [9.17, 15) is 4.79 Å². The van der Waals surface area contributed by atoms with Crippen molar-refractivity contribution in [2.75, 3.05) is 13.1 Å². The molecule has 2 aliphatic rings. The zero-order valence-corrected chi connectivity index (χ0v) is 8.94. The van der Waals surface area contributed by atoms with Gasteiger partial charge in [-0.25, -0.2) is 9.48 Å². The van der Waals surface area contributed by atoms with Gasteiger partial charge in [0.2, 0.25) is 0 Å². The van der Waals surface area contributed by atoms with E-state index in [0.717, 1.165) is 25.5 Å². The minimum atomic E-state index is 0.0749. The van der Waals surface area contributed by atoms with Gasteiger partial charge >= 0.3 is 5.69 Å². The van der Waals surface area contributed by atoms with Crippen molar-refractivity contribution in [2.24, 2.45) is 5.92 Å². The van der Waals surface area contributed by atoms with Crippen LogP contribution in [0, 0.1) is 12.8 Å². The molecule has 5 heteroatoms. The summed E-state index contributed by atoms with van der Waals surface area (Å²) in [6.45, 7) is 4.53. The van der Waals surface area contributed by atoms with Gasteiger partial charge in [0.05, 0.1) is 6.04 Å². The molecule has 1 aliphatic carbocycles. The lowest BCUT2D eigenvalue weighted by Crippen LogP contribution is -2.47. The molecule has 0 bridgehead atoms. The van der Waals surface area contributed by atoms with Crippen LogP contribution >= 0.6 is 0 Å². The lowest BCUT2D eigenvalue weighted by Gasteiger charge is -2.27. The van der Waals surface area contributed by atoms with Crippen LogP contribution in [-0.4, -0.2) is 27.4 Å². The Morgan fingerprint density at radius 2 is 2.20 bits per heavy atom. The van der Waals surface area contributed by atoms with Crippen LogP contribution in [-0.2, 0) is 6.54 Å². The van der Waals surface area contributed by atoms with Crippen molar-refractivity contribution in [3.05, 3.63) is 16.3 Å². The molecule has 1 N–H and O–H groups in total. The van der Waals surface area contributed by atoms with Gasteiger partial charge in [0.25, 0.3) is 0 Å². The van der Waals surface area contributed by atoms with Crippen molar-refractivity contribution in [1.82, 2.24) is 19.7 Å². The number of aryl methyl sites for hydroxylation is 1. The second kappa shape index (κ2) is 3.20. The van der Waals surface area contributed by atoms with Crippen molar-refractivity contribution in [3.8, 4) is 0 Å². The summed E-state index contributed by atoms with van der Waals surface area (Å²) in [6, 6.07) is 0.324. The molecule has 82 valence electrons. The van der Waals surface area contributed by atoms with E-state index in [1.54, 1.807) is 4.68 Å². The van der Waals surface area contributed by atoms with Crippen LogP contribution in [0.1, 0.15) is 24.7 Å². The molecular weight excluding hydrogens is 192 g/mol. The maximum absolute atomic E-state index is 12.0. The fraction of sp³-hybridized carbons (Fsp3) is 0.800. The average molecular weight is 208 g/mol. The van der Waals surface area contributed by atoms with Crippen LogP contribution < -0.4 is 11.0 Å². The summed E-state index contributed by atoms with van der Waals surface area (Å²) in [4.78, 5) is 12.0. The fourth-order valence-corrected chi connectivity index (χ4v) is 2.07. The van der Waals surface area contributed by atoms with E-state index in [1.165, 1.54) is 12.8 Å². The van der Waals surface area contributed by atoms with E-state index in [1.807, 2.05) is 11.5 Å². The third-order valence-electron chi connectivity index (χ3n) is 3.29. The van der Waals surface area contributed by atoms with Crippen LogP contribution in [0.3, 0.4) is 0 Å². The zero-order chi connectivity index (χ0) is 10.4. The second-order valence-electron chi connectivity index (χ2n) is 4.64. The van der Waals surface area contributed by atoms with Gasteiger partial charge in [0.15, 0.2) is 0 Å². The van der Waals surface area contributed by atoms with Gasteiger partial charge in [-0.1, -0.05) is 0 Å². The Labute approximate surface area is 88.1 Å². The standard InChI is InChI=1S/C10H16N4O/c1-7-12-13(6-8-2-3-8)10(15)14(7)9-4-11-5-9/h8-9,11H,2-6H2,1H3. The molecule has 1 aromatic rings. The molecule has 5 nitrogen and oxygen atoms in total. The Hall–Kier alpha value is -1.10. The molecule has 0 amide bonds. The minimum Gasteiger partial charge on any atom is -0.313 e. The van der Waals surface area contributed by atoms with E-state index in [2.05, 4.69) is 10.4 Å². The van der Waals surface area contributed by atoms with Gasteiger partial charge in [0.1, 0.15) is 5.82 Å². The lowest BCUT2D eigenvalue weighted by molar-refractivity contribution is 0.328. The van der Waals surface area contributed by atoms with Crippen LogP contribution in [0.15, 0.2) is 4.79 Å². The predicted molar refractivity (Wildman–Crippen MR) is 55.9 cm³/mol. The number of nitrogens with one attached hydrogen (secondary N) is 1. The first-order valence-electron chi connectivity index (χ1n) is 5.62. The summed E-state index contributed by atoms with van der Waals surface area (Å²) >= 11 is 0. The van der Waals surface area contributed by atoms with Crippen molar-refractivity contribution in [3.63, 3.8) is 0 Å². The highest BCUT2D eigenvalue weighted by Gasteiger charge is 2.27. The molecule has 1 aromatic heterocycles. The second-order valence-corrected chi connectivity index (χ2v) is 4.64. The van der Waals surface area contributed by atoms with Crippen LogP contribution in [0.5, 0.6) is 0 Å². The molecule has 2 fully saturated rings. The monoisotopic (exact) mass is 208 g/mol. The van der Waals surface area contributed by atoms with Gasteiger partial charge in [-0.2, -0.15) is 5.10 Å². The van der Waals surface area contributed by atoms with Crippen molar-refractivity contribution in [1.29, 1.82) is 0 Å². The van der Waals surface area contributed by atoms with Crippen molar-refractivity contribution < 1.29 is 0 Å². The summed E-state index contributed by atoms with van der Waals surface area (Å²) in [5, 5.41) is 7.51. The maximum atomic E-state index is 12.0.